The Balaban J connectivity index is 0.000000152. The number of rotatable bonds is 0. The maximum Gasteiger partial charge on any atom is -0.0454 e. The van der Waals surface area contributed by atoms with Crippen LogP contribution in [0.5, 0.6) is 0 Å². The van der Waals surface area contributed by atoms with Crippen LogP contribution in [0.4, 0.5) is 0 Å². The number of fused-ring (bicyclic) bond motifs is 6. The van der Waals surface area contributed by atoms with Crippen LogP contribution in [0.3, 0.4) is 0 Å². The molecule has 0 amide bonds. The van der Waals surface area contributed by atoms with Crippen molar-refractivity contribution in [1.29, 1.82) is 0 Å². The van der Waals surface area contributed by atoms with E-state index in [0.717, 1.165) is 10.9 Å². The Kier molecular flexibility index (Phi) is 9.43. The van der Waals surface area contributed by atoms with E-state index in [1.54, 1.807) is 6.20 Å². The molecule has 31 heavy (non-hydrogen) atoms. The summed E-state index contributed by atoms with van der Waals surface area (Å²) in [6.07, 6.45) is 10.1. The van der Waals surface area contributed by atoms with Crippen LogP contribution in [-0.4, -0.2) is 6.21 Å². The van der Waals surface area contributed by atoms with Crippen molar-refractivity contribution < 1.29 is 20.8 Å². The normalized spacial score (nSPS) is 15.5. The molecule has 1 heterocycles. The zero-order valence-electron chi connectivity index (χ0n) is 16.3. The summed E-state index contributed by atoms with van der Waals surface area (Å²) in [7, 11) is 9.87. The fourth-order valence-corrected chi connectivity index (χ4v) is 4.28. The number of hydrogen-bond acceptors (Lipinski definition) is 2. The van der Waals surface area contributed by atoms with Gasteiger partial charge in [0.05, 0.1) is 0 Å². The Hall–Kier alpha value is -0.897. The van der Waals surface area contributed by atoms with Gasteiger partial charge in [-0.3, -0.25) is 4.99 Å². The minimum absolute atomic E-state index is 0. The standard InChI is InChI=1S/C13H9.C12H7BrN.2ClH.H2S.Zr/c1-3-7-12-10(5-1)9-11-6-2-4-8-13(11)12;13-10-1-2-11-9(6-10)5-8-3-4-14-7-12(8)11;;;;/h1-7H,9H2;1-2,4-7,12H;2*1H;1H2;/q2*-1;;;;+2/p-3. The van der Waals surface area contributed by atoms with Crippen molar-refractivity contribution in [3.05, 3.63) is 111 Å². The molecule has 3 aliphatic rings. The number of allylic oxidation sites excluding steroid dienone is 2. The number of nitrogens with zero attached hydrogens (tertiary/aromatic N) is 1. The van der Waals surface area contributed by atoms with Crippen LogP contribution in [0.15, 0.2) is 81.9 Å². The summed E-state index contributed by atoms with van der Waals surface area (Å²) in [4.78, 5) is 4.13. The fourth-order valence-electron chi connectivity index (χ4n) is 3.90. The predicted molar refractivity (Wildman–Crippen MR) is 135 cm³/mol. The Morgan fingerprint density at radius 1 is 1.03 bits per heavy atom. The van der Waals surface area contributed by atoms with Crippen molar-refractivity contribution in [1.82, 2.24) is 0 Å². The van der Waals surface area contributed by atoms with Gasteiger partial charge >= 0.3 is 37.9 Å². The molecule has 1 unspecified atom stereocenters. The van der Waals surface area contributed by atoms with Crippen LogP contribution < -0.4 is 0 Å². The molecule has 0 spiro atoms. The third kappa shape index (κ3) is 5.73. The predicted octanol–water partition coefficient (Wildman–Crippen LogP) is 7.50. The van der Waals surface area contributed by atoms with Crippen molar-refractivity contribution >= 4 is 58.7 Å². The van der Waals surface area contributed by atoms with Crippen LogP contribution in [0, 0.1) is 12.1 Å². The van der Waals surface area contributed by atoms with Crippen molar-refractivity contribution in [3.8, 4) is 11.1 Å². The summed E-state index contributed by atoms with van der Waals surface area (Å²) in [5, 5.41) is 0. The van der Waals surface area contributed by atoms with Crippen molar-refractivity contribution in [2.45, 2.75) is 12.3 Å². The molecule has 0 radical (unpaired) electrons. The summed E-state index contributed by atoms with van der Waals surface area (Å²) >= 11 is 2.65. The molecule has 6 rings (SSSR count). The zero-order valence-corrected chi connectivity index (χ0v) is 22.8. The van der Waals surface area contributed by atoms with Crippen LogP contribution in [0.2, 0.25) is 0 Å². The summed E-state index contributed by atoms with van der Waals surface area (Å²) < 4.78 is 1.12. The zero-order chi connectivity index (χ0) is 20.9. The van der Waals surface area contributed by atoms with E-state index < -0.39 is 20.8 Å². The van der Waals surface area contributed by atoms with E-state index in [9.17, 15) is 0 Å². The molecule has 3 aromatic rings. The molecule has 6 heteroatoms. The Bertz CT molecular complexity index is 1120. The summed E-state index contributed by atoms with van der Waals surface area (Å²) in [5.74, 6) is 0.322. The van der Waals surface area contributed by atoms with E-state index in [4.69, 9.17) is 17.0 Å². The number of thiol groups is 1. The molecule has 2 aliphatic carbocycles. The molecule has 1 aliphatic heterocycles. The van der Waals surface area contributed by atoms with E-state index in [1.165, 1.54) is 39.0 Å². The maximum absolute atomic E-state index is 4.93. The second-order valence-electron chi connectivity index (χ2n) is 6.90. The second kappa shape index (κ2) is 11.8. The maximum atomic E-state index is 4.93. The van der Waals surface area contributed by atoms with Gasteiger partial charge in [0.15, 0.2) is 0 Å². The summed E-state index contributed by atoms with van der Waals surface area (Å²) in [6.45, 7) is 0. The minimum atomic E-state index is -0.826. The van der Waals surface area contributed by atoms with Crippen LogP contribution in [0.25, 0.3) is 17.2 Å². The van der Waals surface area contributed by atoms with E-state index in [1.807, 2.05) is 12.3 Å². The summed E-state index contributed by atoms with van der Waals surface area (Å²) in [5.41, 5.74) is 9.30. The van der Waals surface area contributed by atoms with Gasteiger partial charge in [0.1, 0.15) is 0 Å². The van der Waals surface area contributed by atoms with Crippen molar-refractivity contribution in [2.24, 2.45) is 4.99 Å². The molecule has 0 aromatic heterocycles. The van der Waals surface area contributed by atoms with Gasteiger partial charge in [0, 0.05) is 16.6 Å². The monoisotopic (exact) mass is 602 g/mol. The quantitative estimate of drug-likeness (QED) is 0.115. The first-order chi connectivity index (χ1) is 14.7. The second-order valence-corrected chi connectivity index (χ2v) is 11.5. The summed E-state index contributed by atoms with van der Waals surface area (Å²) in [6, 6.07) is 24.5. The topological polar surface area (TPSA) is 12.4 Å². The van der Waals surface area contributed by atoms with E-state index in [0.29, 0.717) is 5.92 Å². The van der Waals surface area contributed by atoms with Gasteiger partial charge in [-0.05, 0) is 18.1 Å². The molecular formula is C25H17BrCl2NSZr-3. The minimum Gasteiger partial charge on any atom is -0.813 e. The molecular weight excluding hydrogens is 588 g/mol. The van der Waals surface area contributed by atoms with E-state index >= 15 is 0 Å². The Labute approximate surface area is 217 Å². The third-order valence-corrected chi connectivity index (χ3v) is 5.67. The SMILES string of the molecule is Brc1ccc2c(c1)C=C1[C-]=CN=CC12.[Cl][Zr][Cl].[SH-].[c-]1cccc2c1-c1ccccc1C2. The van der Waals surface area contributed by atoms with Gasteiger partial charge < -0.3 is 13.5 Å². The van der Waals surface area contributed by atoms with E-state index in [-0.39, 0.29) is 13.5 Å². The van der Waals surface area contributed by atoms with Gasteiger partial charge in [0.25, 0.3) is 0 Å². The average Bonchev–Trinajstić information content (AvgIpc) is 3.32. The molecule has 0 bridgehead atoms. The van der Waals surface area contributed by atoms with Gasteiger partial charge in [-0.2, -0.15) is 6.08 Å². The number of benzene rings is 3. The van der Waals surface area contributed by atoms with Crippen LogP contribution in [-0.2, 0) is 40.8 Å². The first-order valence-electron chi connectivity index (χ1n) is 9.38. The van der Waals surface area contributed by atoms with Gasteiger partial charge in [-0.25, -0.2) is 11.6 Å². The van der Waals surface area contributed by atoms with Crippen LogP contribution in [0.1, 0.15) is 28.2 Å². The molecule has 1 atom stereocenters. The smallest absolute Gasteiger partial charge is 0.0454 e. The van der Waals surface area contributed by atoms with Crippen molar-refractivity contribution in [2.75, 3.05) is 0 Å². The van der Waals surface area contributed by atoms with Crippen molar-refractivity contribution in [3.63, 3.8) is 0 Å². The van der Waals surface area contributed by atoms with E-state index in [2.05, 4.69) is 93.7 Å². The Morgan fingerprint density at radius 3 is 2.65 bits per heavy atom. The molecule has 0 saturated carbocycles. The number of hydrogen-bond donors (Lipinski definition) is 0. The average molecular weight is 606 g/mol. The number of aliphatic imine (C=N–C) groups is 1. The van der Waals surface area contributed by atoms with Crippen LogP contribution >= 0.6 is 33.0 Å². The largest absolute Gasteiger partial charge is 0.813 e. The molecule has 3 aromatic carbocycles. The van der Waals surface area contributed by atoms with Gasteiger partial charge in [0.2, 0.25) is 0 Å². The number of halogens is 3. The first kappa shape index (κ1) is 24.7. The molecule has 1 nitrogen and oxygen atoms in total. The van der Waals surface area contributed by atoms with Gasteiger partial charge in [-0.1, -0.05) is 69.7 Å². The Morgan fingerprint density at radius 2 is 1.81 bits per heavy atom. The molecule has 156 valence electrons. The third-order valence-electron chi connectivity index (χ3n) is 5.18. The first-order valence-corrected chi connectivity index (χ1v) is 16.5. The fraction of sp³-hybridized carbons (Fsp3) is 0.0800. The van der Waals surface area contributed by atoms with Gasteiger partial charge in [-0.15, -0.1) is 41.0 Å². The molecule has 0 saturated heterocycles. The molecule has 0 fully saturated rings. The molecule has 0 N–H and O–H groups in total.